The molecule has 0 bridgehead atoms. The summed E-state index contributed by atoms with van der Waals surface area (Å²) in [5, 5.41) is 0. The van der Waals surface area contributed by atoms with Crippen molar-refractivity contribution in [2.24, 2.45) is 7.05 Å². The van der Waals surface area contributed by atoms with E-state index in [9.17, 15) is 9.59 Å². The normalized spacial score (nSPS) is 14.4. The van der Waals surface area contributed by atoms with E-state index in [0.29, 0.717) is 18.8 Å². The SMILES string of the molecule is Cc1ccc(C(=O)N2CC(Oc3cc(C)n(C)c(=O)c3)C2)c(C)c1. The number of carbonyl (C=O) groups excluding carboxylic acids is 1. The summed E-state index contributed by atoms with van der Waals surface area (Å²) in [5.74, 6) is 0.603. The highest BCUT2D eigenvalue weighted by Gasteiger charge is 2.33. The van der Waals surface area contributed by atoms with Crippen LogP contribution < -0.4 is 10.3 Å². The summed E-state index contributed by atoms with van der Waals surface area (Å²) in [6, 6.07) is 9.18. The Morgan fingerprint density at radius 1 is 1.12 bits per heavy atom. The van der Waals surface area contributed by atoms with E-state index in [0.717, 1.165) is 22.4 Å². The first kappa shape index (κ1) is 16.3. The minimum Gasteiger partial charge on any atom is -0.486 e. The maximum absolute atomic E-state index is 12.5. The fourth-order valence-electron chi connectivity index (χ4n) is 2.90. The zero-order chi connectivity index (χ0) is 17.4. The van der Waals surface area contributed by atoms with Gasteiger partial charge in [-0.05, 0) is 38.5 Å². The standard InChI is InChI=1S/C19H22N2O3/c1-12-5-6-17(13(2)7-12)19(23)21-10-16(11-21)24-15-8-14(3)20(4)18(22)9-15/h5-9,16H,10-11H2,1-4H3. The number of carbonyl (C=O) groups is 1. The molecule has 1 aliphatic rings. The zero-order valence-electron chi connectivity index (χ0n) is 14.5. The van der Waals surface area contributed by atoms with Crippen molar-refractivity contribution in [1.29, 1.82) is 0 Å². The number of likely N-dealkylation sites (tertiary alicyclic amines) is 1. The number of ether oxygens (including phenoxy) is 1. The molecule has 2 heterocycles. The smallest absolute Gasteiger partial charge is 0.254 e. The fraction of sp³-hybridized carbons (Fsp3) is 0.368. The largest absolute Gasteiger partial charge is 0.486 e. The molecular weight excluding hydrogens is 304 g/mol. The maximum Gasteiger partial charge on any atom is 0.254 e. The Kier molecular flexibility index (Phi) is 4.18. The minimum atomic E-state index is -0.0902. The number of nitrogens with zero attached hydrogens (tertiary/aromatic N) is 2. The molecule has 1 saturated heterocycles. The number of benzene rings is 1. The minimum absolute atomic E-state index is 0.0347. The Hall–Kier alpha value is -2.56. The van der Waals surface area contributed by atoms with Gasteiger partial charge in [-0.15, -0.1) is 0 Å². The van der Waals surface area contributed by atoms with Gasteiger partial charge in [0.2, 0.25) is 0 Å². The summed E-state index contributed by atoms with van der Waals surface area (Å²) in [5.41, 5.74) is 3.64. The third-order valence-electron chi connectivity index (χ3n) is 4.53. The highest BCUT2D eigenvalue weighted by atomic mass is 16.5. The van der Waals surface area contributed by atoms with E-state index in [-0.39, 0.29) is 17.6 Å². The number of amides is 1. The molecule has 0 N–H and O–H groups in total. The number of aryl methyl sites for hydroxylation is 3. The molecule has 126 valence electrons. The first-order valence-corrected chi connectivity index (χ1v) is 8.06. The number of rotatable bonds is 3. The van der Waals surface area contributed by atoms with E-state index in [1.54, 1.807) is 16.5 Å². The molecule has 5 nitrogen and oxygen atoms in total. The predicted molar refractivity (Wildman–Crippen MR) is 92.7 cm³/mol. The first-order chi connectivity index (χ1) is 11.3. The topological polar surface area (TPSA) is 51.5 Å². The molecule has 1 fully saturated rings. The average molecular weight is 326 g/mol. The summed E-state index contributed by atoms with van der Waals surface area (Å²) in [7, 11) is 1.73. The van der Waals surface area contributed by atoms with Gasteiger partial charge in [-0.1, -0.05) is 17.7 Å². The van der Waals surface area contributed by atoms with Gasteiger partial charge >= 0.3 is 0 Å². The molecule has 0 spiro atoms. The summed E-state index contributed by atoms with van der Waals surface area (Å²) >= 11 is 0. The zero-order valence-corrected chi connectivity index (χ0v) is 14.5. The van der Waals surface area contributed by atoms with Gasteiger partial charge < -0.3 is 14.2 Å². The van der Waals surface area contributed by atoms with E-state index in [2.05, 4.69) is 0 Å². The lowest BCUT2D eigenvalue weighted by molar-refractivity contribution is 0.0176. The molecule has 0 saturated carbocycles. The van der Waals surface area contributed by atoms with E-state index in [1.807, 2.05) is 45.0 Å². The summed E-state index contributed by atoms with van der Waals surface area (Å²) in [6.45, 7) is 6.92. The molecule has 2 aromatic rings. The quantitative estimate of drug-likeness (QED) is 0.869. The fourth-order valence-corrected chi connectivity index (χ4v) is 2.90. The van der Waals surface area contributed by atoms with Crippen molar-refractivity contribution in [3.05, 3.63) is 63.1 Å². The number of hydrogen-bond acceptors (Lipinski definition) is 3. The van der Waals surface area contributed by atoms with Gasteiger partial charge in [0.15, 0.2) is 0 Å². The van der Waals surface area contributed by atoms with Gasteiger partial charge in [-0.3, -0.25) is 9.59 Å². The molecule has 1 aromatic carbocycles. The Labute approximate surface area is 141 Å². The first-order valence-electron chi connectivity index (χ1n) is 8.06. The molecule has 1 aliphatic heterocycles. The van der Waals surface area contributed by atoms with Crippen molar-refractivity contribution in [1.82, 2.24) is 9.47 Å². The van der Waals surface area contributed by atoms with Crippen LogP contribution in [0.2, 0.25) is 0 Å². The Balaban J connectivity index is 1.63. The van der Waals surface area contributed by atoms with Crippen LogP contribution in [0, 0.1) is 20.8 Å². The molecule has 1 amide bonds. The summed E-state index contributed by atoms with van der Waals surface area (Å²) < 4.78 is 7.40. The highest BCUT2D eigenvalue weighted by Crippen LogP contribution is 2.21. The lowest BCUT2D eigenvalue weighted by atomic mass is 10.0. The van der Waals surface area contributed by atoms with E-state index < -0.39 is 0 Å². The molecular formula is C19H22N2O3. The summed E-state index contributed by atoms with van der Waals surface area (Å²) in [4.78, 5) is 26.1. The molecule has 0 unspecified atom stereocenters. The second-order valence-corrected chi connectivity index (χ2v) is 6.50. The second kappa shape index (κ2) is 6.15. The van der Waals surface area contributed by atoms with Gasteiger partial charge in [0, 0.05) is 24.4 Å². The van der Waals surface area contributed by atoms with Crippen LogP contribution in [0.1, 0.15) is 27.2 Å². The maximum atomic E-state index is 12.5. The monoisotopic (exact) mass is 326 g/mol. The van der Waals surface area contributed by atoms with E-state index >= 15 is 0 Å². The van der Waals surface area contributed by atoms with Crippen LogP contribution in [-0.4, -0.2) is 34.6 Å². The van der Waals surface area contributed by atoms with Gasteiger partial charge in [0.1, 0.15) is 11.9 Å². The van der Waals surface area contributed by atoms with Crippen molar-refractivity contribution < 1.29 is 9.53 Å². The van der Waals surface area contributed by atoms with Crippen LogP contribution in [0.15, 0.2) is 35.1 Å². The molecule has 3 rings (SSSR count). The third kappa shape index (κ3) is 3.07. The molecule has 24 heavy (non-hydrogen) atoms. The van der Waals surface area contributed by atoms with Crippen molar-refractivity contribution >= 4 is 5.91 Å². The van der Waals surface area contributed by atoms with Crippen molar-refractivity contribution in [3.8, 4) is 5.75 Å². The van der Waals surface area contributed by atoms with Gasteiger partial charge in [0.05, 0.1) is 13.1 Å². The molecule has 1 aromatic heterocycles. The highest BCUT2D eigenvalue weighted by molar-refractivity contribution is 5.96. The van der Waals surface area contributed by atoms with Crippen molar-refractivity contribution in [2.45, 2.75) is 26.9 Å². The third-order valence-corrected chi connectivity index (χ3v) is 4.53. The Morgan fingerprint density at radius 3 is 2.46 bits per heavy atom. The molecule has 0 atom stereocenters. The van der Waals surface area contributed by atoms with E-state index in [1.165, 1.54) is 6.07 Å². The lowest BCUT2D eigenvalue weighted by Gasteiger charge is -2.39. The Bertz CT molecular complexity index is 848. The van der Waals surface area contributed by atoms with Crippen LogP contribution in [-0.2, 0) is 7.05 Å². The van der Waals surface area contributed by atoms with Gasteiger partial charge in [0.25, 0.3) is 11.5 Å². The predicted octanol–water partition coefficient (Wildman–Crippen LogP) is 2.21. The van der Waals surface area contributed by atoms with E-state index in [4.69, 9.17) is 4.74 Å². The molecule has 0 aliphatic carbocycles. The van der Waals surface area contributed by atoms with Crippen molar-refractivity contribution in [2.75, 3.05) is 13.1 Å². The van der Waals surface area contributed by atoms with Crippen LogP contribution in [0.25, 0.3) is 0 Å². The summed E-state index contributed by atoms with van der Waals surface area (Å²) in [6.07, 6.45) is -0.0637. The van der Waals surface area contributed by atoms with Crippen LogP contribution in [0.5, 0.6) is 5.75 Å². The average Bonchev–Trinajstić information content (AvgIpc) is 2.47. The van der Waals surface area contributed by atoms with Crippen LogP contribution in [0.4, 0.5) is 0 Å². The van der Waals surface area contributed by atoms with Crippen LogP contribution in [0.3, 0.4) is 0 Å². The second-order valence-electron chi connectivity index (χ2n) is 6.50. The number of aromatic nitrogens is 1. The van der Waals surface area contributed by atoms with Gasteiger partial charge in [-0.25, -0.2) is 0 Å². The molecule has 0 radical (unpaired) electrons. The lowest BCUT2D eigenvalue weighted by Crippen LogP contribution is -2.56. The van der Waals surface area contributed by atoms with Gasteiger partial charge in [-0.2, -0.15) is 0 Å². The Morgan fingerprint density at radius 2 is 1.83 bits per heavy atom. The number of hydrogen-bond donors (Lipinski definition) is 0. The number of pyridine rings is 1. The molecule has 5 heteroatoms. The van der Waals surface area contributed by atoms with Crippen molar-refractivity contribution in [3.63, 3.8) is 0 Å². The van der Waals surface area contributed by atoms with Crippen LogP contribution >= 0.6 is 0 Å².